The standard InChI is InChI=1S/C13H14N6O2S/c1-10(22(20,21)13-14-9-15-18(13)2)12-8-19(17-16-12)11-6-4-3-5-7-11/h3-10H,1-2H3/t10-/m1/s1. The summed E-state index contributed by atoms with van der Waals surface area (Å²) >= 11 is 0. The van der Waals surface area contributed by atoms with Gasteiger partial charge in [-0.1, -0.05) is 23.4 Å². The van der Waals surface area contributed by atoms with Crippen LogP contribution in [-0.4, -0.2) is 38.2 Å². The molecule has 0 bridgehead atoms. The van der Waals surface area contributed by atoms with E-state index in [1.807, 2.05) is 30.3 Å². The van der Waals surface area contributed by atoms with Crippen LogP contribution in [0.1, 0.15) is 17.9 Å². The van der Waals surface area contributed by atoms with Crippen LogP contribution in [0.15, 0.2) is 48.0 Å². The maximum atomic E-state index is 12.6. The van der Waals surface area contributed by atoms with E-state index >= 15 is 0 Å². The van der Waals surface area contributed by atoms with Crippen molar-refractivity contribution >= 4 is 9.84 Å². The highest BCUT2D eigenvalue weighted by Crippen LogP contribution is 2.25. The molecule has 0 fully saturated rings. The maximum absolute atomic E-state index is 12.6. The lowest BCUT2D eigenvalue weighted by molar-refractivity contribution is 0.558. The largest absolute Gasteiger partial charge is 0.246 e. The summed E-state index contributed by atoms with van der Waals surface area (Å²) in [5.41, 5.74) is 1.16. The summed E-state index contributed by atoms with van der Waals surface area (Å²) < 4.78 is 27.9. The number of hydrogen-bond donors (Lipinski definition) is 0. The molecule has 0 aliphatic carbocycles. The Hall–Kier alpha value is -2.55. The van der Waals surface area contributed by atoms with E-state index < -0.39 is 15.1 Å². The van der Waals surface area contributed by atoms with E-state index in [2.05, 4.69) is 20.4 Å². The molecule has 0 N–H and O–H groups in total. The van der Waals surface area contributed by atoms with Crippen LogP contribution in [-0.2, 0) is 16.9 Å². The first-order valence-corrected chi connectivity index (χ1v) is 8.10. The van der Waals surface area contributed by atoms with Gasteiger partial charge in [-0.25, -0.2) is 22.8 Å². The molecule has 0 saturated carbocycles. The molecule has 0 radical (unpaired) electrons. The molecule has 114 valence electrons. The average Bonchev–Trinajstić information content (AvgIpc) is 3.16. The van der Waals surface area contributed by atoms with Gasteiger partial charge in [0, 0.05) is 7.05 Å². The molecule has 0 unspecified atom stereocenters. The van der Waals surface area contributed by atoms with Crippen molar-refractivity contribution < 1.29 is 8.42 Å². The van der Waals surface area contributed by atoms with Crippen molar-refractivity contribution in [2.24, 2.45) is 7.05 Å². The fourth-order valence-electron chi connectivity index (χ4n) is 2.03. The minimum absolute atomic E-state index is 0.0886. The molecule has 0 saturated heterocycles. The Balaban J connectivity index is 1.95. The Bertz CT molecular complexity index is 884. The lowest BCUT2D eigenvalue weighted by Crippen LogP contribution is -2.16. The van der Waals surface area contributed by atoms with E-state index in [0.29, 0.717) is 5.69 Å². The van der Waals surface area contributed by atoms with Crippen molar-refractivity contribution in [3.05, 3.63) is 48.5 Å². The Morgan fingerprint density at radius 1 is 1.18 bits per heavy atom. The molecular formula is C13H14N6O2S. The van der Waals surface area contributed by atoms with E-state index in [-0.39, 0.29) is 5.16 Å². The monoisotopic (exact) mass is 318 g/mol. The van der Waals surface area contributed by atoms with Gasteiger partial charge in [-0.05, 0) is 19.1 Å². The molecule has 1 aromatic carbocycles. The minimum Gasteiger partial charge on any atom is -0.240 e. The van der Waals surface area contributed by atoms with E-state index in [1.165, 1.54) is 22.7 Å². The van der Waals surface area contributed by atoms with Crippen LogP contribution >= 0.6 is 0 Å². The van der Waals surface area contributed by atoms with Gasteiger partial charge in [0.15, 0.2) is 0 Å². The van der Waals surface area contributed by atoms with Gasteiger partial charge >= 0.3 is 0 Å². The minimum atomic E-state index is -3.67. The van der Waals surface area contributed by atoms with Crippen LogP contribution in [0.3, 0.4) is 0 Å². The Labute approximate surface area is 127 Å². The third-order valence-corrected chi connectivity index (χ3v) is 5.39. The number of aromatic nitrogens is 6. The first-order valence-electron chi connectivity index (χ1n) is 6.55. The van der Waals surface area contributed by atoms with Crippen molar-refractivity contribution in [1.82, 2.24) is 29.8 Å². The zero-order valence-electron chi connectivity index (χ0n) is 12.0. The van der Waals surface area contributed by atoms with Crippen LogP contribution in [0.5, 0.6) is 0 Å². The second-order valence-corrected chi connectivity index (χ2v) is 6.94. The third-order valence-electron chi connectivity index (χ3n) is 3.34. The predicted octanol–water partition coefficient (Wildman–Crippen LogP) is 0.931. The van der Waals surface area contributed by atoms with Gasteiger partial charge in [0.05, 0.1) is 11.9 Å². The fourth-order valence-corrected chi connectivity index (χ4v) is 3.38. The molecule has 0 aliphatic rings. The molecule has 9 heteroatoms. The number of sulfone groups is 1. The summed E-state index contributed by atoms with van der Waals surface area (Å²) in [5.74, 6) is 0. The highest BCUT2D eigenvalue weighted by Gasteiger charge is 2.31. The molecule has 2 aromatic heterocycles. The van der Waals surface area contributed by atoms with E-state index in [0.717, 1.165) is 5.69 Å². The third kappa shape index (κ3) is 2.39. The average molecular weight is 318 g/mol. The molecular weight excluding hydrogens is 304 g/mol. The van der Waals surface area contributed by atoms with Crippen molar-refractivity contribution in [3.63, 3.8) is 0 Å². The van der Waals surface area contributed by atoms with Gasteiger partial charge in [-0.15, -0.1) is 5.10 Å². The number of rotatable bonds is 4. The Morgan fingerprint density at radius 3 is 2.55 bits per heavy atom. The summed E-state index contributed by atoms with van der Waals surface area (Å²) in [5, 5.41) is 10.8. The zero-order valence-corrected chi connectivity index (χ0v) is 12.8. The van der Waals surface area contributed by atoms with Crippen LogP contribution in [0.25, 0.3) is 5.69 Å². The Morgan fingerprint density at radius 2 is 1.91 bits per heavy atom. The van der Waals surface area contributed by atoms with Gasteiger partial charge in [0.2, 0.25) is 15.0 Å². The molecule has 3 aromatic rings. The maximum Gasteiger partial charge on any atom is 0.246 e. The quantitative estimate of drug-likeness (QED) is 0.710. The molecule has 2 heterocycles. The van der Waals surface area contributed by atoms with E-state index in [9.17, 15) is 8.42 Å². The summed E-state index contributed by atoms with van der Waals surface area (Å²) in [6.45, 7) is 1.56. The molecule has 1 atom stereocenters. The van der Waals surface area contributed by atoms with Crippen LogP contribution in [0.4, 0.5) is 0 Å². The number of aryl methyl sites for hydroxylation is 1. The van der Waals surface area contributed by atoms with Crippen molar-refractivity contribution in [1.29, 1.82) is 0 Å². The lowest BCUT2D eigenvalue weighted by Gasteiger charge is -2.08. The summed E-state index contributed by atoms with van der Waals surface area (Å²) in [7, 11) is -2.14. The van der Waals surface area contributed by atoms with E-state index in [1.54, 1.807) is 13.1 Å². The van der Waals surface area contributed by atoms with Crippen molar-refractivity contribution in [3.8, 4) is 5.69 Å². The highest BCUT2D eigenvalue weighted by atomic mass is 32.2. The first kappa shape index (κ1) is 14.4. The predicted molar refractivity (Wildman–Crippen MR) is 78.0 cm³/mol. The number of hydrogen-bond acceptors (Lipinski definition) is 6. The number of para-hydroxylation sites is 1. The van der Waals surface area contributed by atoms with Gasteiger partial charge in [0.25, 0.3) is 0 Å². The number of nitrogens with zero attached hydrogens (tertiary/aromatic N) is 6. The smallest absolute Gasteiger partial charge is 0.240 e. The molecule has 0 amide bonds. The second-order valence-electron chi connectivity index (χ2n) is 4.78. The molecule has 22 heavy (non-hydrogen) atoms. The van der Waals surface area contributed by atoms with E-state index in [4.69, 9.17) is 0 Å². The normalized spacial score (nSPS) is 13.2. The van der Waals surface area contributed by atoms with Crippen molar-refractivity contribution in [2.45, 2.75) is 17.3 Å². The molecule has 3 rings (SSSR count). The Kier molecular flexibility index (Phi) is 3.49. The summed E-state index contributed by atoms with van der Waals surface area (Å²) in [6.07, 6.45) is 2.81. The van der Waals surface area contributed by atoms with Crippen LogP contribution < -0.4 is 0 Å². The molecule has 0 spiro atoms. The van der Waals surface area contributed by atoms with Gasteiger partial charge in [-0.3, -0.25) is 0 Å². The second kappa shape index (κ2) is 5.34. The number of benzene rings is 1. The molecule has 8 nitrogen and oxygen atoms in total. The molecule has 0 aliphatic heterocycles. The lowest BCUT2D eigenvalue weighted by atomic mass is 10.3. The van der Waals surface area contributed by atoms with Gasteiger partial charge < -0.3 is 0 Å². The van der Waals surface area contributed by atoms with Crippen LogP contribution in [0.2, 0.25) is 0 Å². The van der Waals surface area contributed by atoms with Gasteiger partial charge in [0.1, 0.15) is 17.3 Å². The fraction of sp³-hybridized carbons (Fsp3) is 0.231. The van der Waals surface area contributed by atoms with Gasteiger partial charge in [-0.2, -0.15) is 5.10 Å². The van der Waals surface area contributed by atoms with Crippen LogP contribution in [0, 0.1) is 0 Å². The topological polar surface area (TPSA) is 95.6 Å². The first-order chi connectivity index (χ1) is 10.5. The SMILES string of the molecule is C[C@H](c1cn(-c2ccccc2)nn1)S(=O)(=O)c1ncnn1C. The summed E-state index contributed by atoms with van der Waals surface area (Å²) in [6, 6.07) is 9.36. The zero-order chi connectivity index (χ0) is 15.7. The summed E-state index contributed by atoms with van der Waals surface area (Å²) in [4.78, 5) is 3.81. The highest BCUT2D eigenvalue weighted by molar-refractivity contribution is 7.91. The van der Waals surface area contributed by atoms with Crippen molar-refractivity contribution in [2.75, 3.05) is 0 Å².